The molecule has 0 aliphatic heterocycles. The fraction of sp³-hybridized carbons (Fsp3) is 0.500. The monoisotopic (exact) mass is 311 g/mol. The van der Waals surface area contributed by atoms with E-state index < -0.39 is 18.7 Å². The molecule has 0 bridgehead atoms. The lowest BCUT2D eigenvalue weighted by molar-refractivity contribution is 0.0625. The largest absolute Gasteiger partial charge is 0.360 e. The van der Waals surface area contributed by atoms with Crippen LogP contribution in [-0.4, -0.2) is 29.0 Å². The van der Waals surface area contributed by atoms with Gasteiger partial charge in [-0.1, -0.05) is 30.3 Å². The SMILES string of the molecule is CN(CCCCCl)P(=O)(O)C(F)(F)c1ccccc1. The molecule has 1 atom stereocenters. The molecule has 0 fully saturated rings. The minimum atomic E-state index is -4.79. The van der Waals surface area contributed by atoms with Crippen LogP contribution in [0.25, 0.3) is 0 Å². The molecule has 108 valence electrons. The molecule has 0 aliphatic rings. The van der Waals surface area contributed by atoms with Gasteiger partial charge in [-0.05, 0) is 19.9 Å². The van der Waals surface area contributed by atoms with Gasteiger partial charge in [-0.15, -0.1) is 11.6 Å². The van der Waals surface area contributed by atoms with E-state index in [-0.39, 0.29) is 6.54 Å². The van der Waals surface area contributed by atoms with E-state index in [1.54, 1.807) is 6.07 Å². The lowest BCUT2D eigenvalue weighted by Crippen LogP contribution is -2.27. The van der Waals surface area contributed by atoms with E-state index in [0.717, 1.165) is 16.8 Å². The molecule has 0 aliphatic carbocycles. The molecule has 1 unspecified atom stereocenters. The third kappa shape index (κ3) is 3.76. The number of benzene rings is 1. The van der Waals surface area contributed by atoms with E-state index in [0.29, 0.717) is 18.7 Å². The van der Waals surface area contributed by atoms with Crippen molar-refractivity contribution >= 4 is 19.1 Å². The van der Waals surface area contributed by atoms with Gasteiger partial charge in [0.15, 0.2) is 0 Å². The number of hydrogen-bond acceptors (Lipinski definition) is 1. The number of halogens is 3. The summed E-state index contributed by atoms with van der Waals surface area (Å²) in [4.78, 5) is 9.76. The summed E-state index contributed by atoms with van der Waals surface area (Å²) in [7, 11) is -3.56. The number of rotatable bonds is 7. The molecular formula is C12H17ClF2NO2P. The van der Waals surface area contributed by atoms with Crippen molar-refractivity contribution in [3.05, 3.63) is 35.9 Å². The Hall–Kier alpha value is -0.480. The van der Waals surface area contributed by atoms with E-state index >= 15 is 0 Å². The van der Waals surface area contributed by atoms with E-state index in [4.69, 9.17) is 11.6 Å². The van der Waals surface area contributed by atoms with Gasteiger partial charge in [0.05, 0.1) is 0 Å². The number of alkyl halides is 3. The Labute approximate surface area is 116 Å². The Kier molecular flexibility index (Phi) is 5.93. The second-order valence-corrected chi connectivity index (χ2v) is 6.94. The van der Waals surface area contributed by atoms with E-state index in [9.17, 15) is 18.2 Å². The smallest absolute Gasteiger partial charge is 0.329 e. The maximum Gasteiger partial charge on any atom is 0.360 e. The van der Waals surface area contributed by atoms with Crippen LogP contribution in [0.15, 0.2) is 30.3 Å². The van der Waals surface area contributed by atoms with Gasteiger partial charge in [-0.2, -0.15) is 8.78 Å². The molecule has 0 heterocycles. The highest BCUT2D eigenvalue weighted by Crippen LogP contribution is 2.63. The van der Waals surface area contributed by atoms with Gasteiger partial charge in [0.25, 0.3) is 0 Å². The number of hydrogen-bond donors (Lipinski definition) is 1. The van der Waals surface area contributed by atoms with Crippen LogP contribution in [-0.2, 0) is 10.2 Å². The molecule has 0 aromatic heterocycles. The van der Waals surface area contributed by atoms with Crippen molar-refractivity contribution in [2.45, 2.75) is 18.5 Å². The highest BCUT2D eigenvalue weighted by molar-refractivity contribution is 7.56. The zero-order chi connectivity index (χ0) is 14.5. The summed E-state index contributed by atoms with van der Waals surface area (Å²) in [5.74, 6) is 0.401. The maximum absolute atomic E-state index is 14.1. The predicted octanol–water partition coefficient (Wildman–Crippen LogP) is 3.87. The van der Waals surface area contributed by atoms with Crippen molar-refractivity contribution in [3.63, 3.8) is 0 Å². The first-order valence-electron chi connectivity index (χ1n) is 5.88. The molecule has 0 radical (unpaired) electrons. The summed E-state index contributed by atoms with van der Waals surface area (Å²) >= 11 is 5.49. The van der Waals surface area contributed by atoms with E-state index in [1.807, 2.05) is 0 Å². The molecule has 0 spiro atoms. The molecular weight excluding hydrogens is 295 g/mol. The average Bonchev–Trinajstić information content (AvgIpc) is 2.39. The first-order chi connectivity index (χ1) is 8.84. The van der Waals surface area contributed by atoms with Crippen LogP contribution in [0.3, 0.4) is 0 Å². The van der Waals surface area contributed by atoms with Crippen LogP contribution in [0.2, 0.25) is 0 Å². The lowest BCUT2D eigenvalue weighted by Gasteiger charge is -2.29. The summed E-state index contributed by atoms with van der Waals surface area (Å²) in [6, 6.07) is 6.70. The molecule has 1 rings (SSSR count). The quantitative estimate of drug-likeness (QED) is 0.472. The van der Waals surface area contributed by atoms with Crippen molar-refractivity contribution in [1.82, 2.24) is 4.67 Å². The zero-order valence-corrected chi connectivity index (χ0v) is 12.2. The molecule has 19 heavy (non-hydrogen) atoms. The van der Waals surface area contributed by atoms with Crippen molar-refractivity contribution in [1.29, 1.82) is 0 Å². The second-order valence-electron chi connectivity index (χ2n) is 4.23. The fourth-order valence-electron chi connectivity index (χ4n) is 1.59. The maximum atomic E-state index is 14.1. The molecule has 1 aromatic carbocycles. The minimum absolute atomic E-state index is 0.100. The molecule has 1 N–H and O–H groups in total. The number of unbranched alkanes of at least 4 members (excludes halogenated alkanes) is 1. The van der Waals surface area contributed by atoms with E-state index in [1.165, 1.54) is 19.2 Å². The summed E-state index contributed by atoms with van der Waals surface area (Å²) < 4.78 is 41.1. The third-order valence-corrected chi connectivity index (χ3v) is 5.20. The molecule has 3 nitrogen and oxygen atoms in total. The standard InChI is InChI=1S/C12H17ClF2NO2P/c1-16(10-6-5-9-13)19(17,18)12(14,15)11-7-3-2-4-8-11/h2-4,7-8H,5-6,9-10H2,1H3,(H,17,18). The van der Waals surface area contributed by atoms with Gasteiger partial charge in [-0.3, -0.25) is 4.57 Å². The van der Waals surface area contributed by atoms with Gasteiger partial charge in [0.2, 0.25) is 0 Å². The highest BCUT2D eigenvalue weighted by Gasteiger charge is 2.53. The van der Waals surface area contributed by atoms with Crippen LogP contribution in [0.1, 0.15) is 18.4 Å². The topological polar surface area (TPSA) is 40.5 Å². The first-order valence-corrected chi connectivity index (χ1v) is 8.02. The van der Waals surface area contributed by atoms with Gasteiger partial charge in [0.1, 0.15) is 0 Å². The van der Waals surface area contributed by atoms with E-state index in [2.05, 4.69) is 0 Å². The Morgan fingerprint density at radius 1 is 1.32 bits per heavy atom. The molecule has 0 saturated carbocycles. The third-order valence-electron chi connectivity index (χ3n) is 2.82. The Balaban J connectivity index is 2.88. The highest BCUT2D eigenvalue weighted by atomic mass is 35.5. The Morgan fingerprint density at radius 2 is 1.89 bits per heavy atom. The molecule has 7 heteroatoms. The Morgan fingerprint density at radius 3 is 2.42 bits per heavy atom. The summed E-state index contributed by atoms with van der Waals surface area (Å²) in [5.41, 5.74) is -4.24. The normalized spacial score (nSPS) is 15.5. The van der Waals surface area contributed by atoms with Crippen LogP contribution in [0.4, 0.5) is 8.78 Å². The van der Waals surface area contributed by atoms with Gasteiger partial charge in [0, 0.05) is 18.0 Å². The van der Waals surface area contributed by atoms with Crippen molar-refractivity contribution in [2.24, 2.45) is 0 Å². The van der Waals surface area contributed by atoms with Crippen LogP contribution in [0.5, 0.6) is 0 Å². The summed E-state index contributed by atoms with van der Waals surface area (Å²) in [6.07, 6.45) is 1.11. The summed E-state index contributed by atoms with van der Waals surface area (Å²) in [5, 5.41) is 0. The van der Waals surface area contributed by atoms with Gasteiger partial charge < -0.3 is 4.89 Å². The fourth-order valence-corrected chi connectivity index (χ4v) is 3.11. The first kappa shape index (κ1) is 16.6. The van der Waals surface area contributed by atoms with Crippen LogP contribution in [0, 0.1) is 0 Å². The minimum Gasteiger partial charge on any atom is -0.329 e. The van der Waals surface area contributed by atoms with Crippen LogP contribution < -0.4 is 0 Å². The molecule has 0 amide bonds. The van der Waals surface area contributed by atoms with Gasteiger partial charge in [-0.25, -0.2) is 4.67 Å². The van der Waals surface area contributed by atoms with Crippen LogP contribution >= 0.6 is 19.1 Å². The average molecular weight is 312 g/mol. The Bertz CT molecular complexity index is 445. The molecule has 1 aromatic rings. The van der Waals surface area contributed by atoms with Crippen molar-refractivity contribution in [3.8, 4) is 0 Å². The number of nitrogens with zero attached hydrogens (tertiary/aromatic N) is 1. The van der Waals surface area contributed by atoms with Crippen molar-refractivity contribution < 1.29 is 18.2 Å². The summed E-state index contributed by atoms with van der Waals surface area (Å²) in [6.45, 7) is 0.100. The van der Waals surface area contributed by atoms with Gasteiger partial charge >= 0.3 is 13.2 Å². The lowest BCUT2D eigenvalue weighted by atomic mass is 10.2. The zero-order valence-electron chi connectivity index (χ0n) is 10.6. The second kappa shape index (κ2) is 6.80. The predicted molar refractivity (Wildman–Crippen MR) is 72.7 cm³/mol. The van der Waals surface area contributed by atoms with Crippen molar-refractivity contribution in [2.75, 3.05) is 19.5 Å². The molecule has 0 saturated heterocycles.